The largest absolute Gasteiger partial charge is 0.478 e. The fourth-order valence-corrected chi connectivity index (χ4v) is 2.28. The second-order valence-electron chi connectivity index (χ2n) is 4.57. The first-order valence-electron chi connectivity index (χ1n) is 6.22. The molecule has 2 aromatic rings. The van der Waals surface area contributed by atoms with E-state index in [4.69, 9.17) is 9.15 Å². The Hall–Kier alpha value is -2.67. The third-order valence-electron chi connectivity index (χ3n) is 3.24. The summed E-state index contributed by atoms with van der Waals surface area (Å²) in [5, 5.41) is 9.78. The van der Waals surface area contributed by atoms with Crippen molar-refractivity contribution in [3.8, 4) is 0 Å². The van der Waals surface area contributed by atoms with Gasteiger partial charge in [0.2, 0.25) is 0 Å². The van der Waals surface area contributed by atoms with Gasteiger partial charge in [-0.3, -0.25) is 14.5 Å². The number of amides is 2. The van der Waals surface area contributed by atoms with Crippen LogP contribution in [0.5, 0.6) is 0 Å². The third kappa shape index (κ3) is 2.27. The first-order chi connectivity index (χ1) is 10.1. The van der Waals surface area contributed by atoms with Crippen molar-refractivity contribution in [3.63, 3.8) is 0 Å². The molecule has 1 N–H and O–H groups in total. The van der Waals surface area contributed by atoms with Gasteiger partial charge in [-0.25, -0.2) is 4.79 Å². The molecule has 0 bridgehead atoms. The number of nitrogens with zero attached hydrogens (tertiary/aromatic N) is 1. The van der Waals surface area contributed by atoms with E-state index < -0.39 is 17.8 Å². The molecule has 108 valence electrons. The summed E-state index contributed by atoms with van der Waals surface area (Å²) in [6.45, 7) is -0.611. The highest BCUT2D eigenvalue weighted by molar-refractivity contribution is 6.04. The van der Waals surface area contributed by atoms with E-state index in [1.165, 1.54) is 0 Å². The Labute approximate surface area is 118 Å². The molecule has 2 heterocycles. The molecule has 0 radical (unpaired) electrons. The van der Waals surface area contributed by atoms with E-state index in [-0.39, 0.29) is 31.1 Å². The van der Waals surface area contributed by atoms with Gasteiger partial charge in [-0.2, -0.15) is 0 Å². The van der Waals surface area contributed by atoms with Crippen molar-refractivity contribution >= 4 is 28.8 Å². The summed E-state index contributed by atoms with van der Waals surface area (Å²) in [7, 11) is 0. The van der Waals surface area contributed by atoms with Gasteiger partial charge in [0.15, 0.2) is 0 Å². The molecule has 1 aliphatic rings. The summed E-state index contributed by atoms with van der Waals surface area (Å²) in [6.07, 6.45) is 0. The third-order valence-corrected chi connectivity index (χ3v) is 3.24. The van der Waals surface area contributed by atoms with Crippen LogP contribution in [0.15, 0.2) is 28.7 Å². The van der Waals surface area contributed by atoms with Gasteiger partial charge in [-0.1, -0.05) is 18.2 Å². The predicted molar refractivity (Wildman–Crippen MR) is 69.5 cm³/mol. The number of benzene rings is 1. The molecule has 0 saturated carbocycles. The molecule has 1 aromatic heterocycles. The molecule has 2 amide bonds. The van der Waals surface area contributed by atoms with Crippen LogP contribution in [0.3, 0.4) is 0 Å². The Morgan fingerprint density at radius 1 is 1.19 bits per heavy atom. The molecule has 3 rings (SSSR count). The van der Waals surface area contributed by atoms with Crippen molar-refractivity contribution in [3.05, 3.63) is 35.6 Å². The van der Waals surface area contributed by atoms with Crippen molar-refractivity contribution in [1.29, 1.82) is 0 Å². The quantitative estimate of drug-likeness (QED) is 0.847. The number of carboxylic acids is 1. The van der Waals surface area contributed by atoms with Gasteiger partial charge < -0.3 is 14.3 Å². The minimum absolute atomic E-state index is 0.0299. The van der Waals surface area contributed by atoms with Gasteiger partial charge in [-0.15, -0.1) is 0 Å². The molecule has 1 aliphatic heterocycles. The van der Waals surface area contributed by atoms with Crippen molar-refractivity contribution < 1.29 is 28.6 Å². The minimum atomic E-state index is -1.16. The Morgan fingerprint density at radius 3 is 2.52 bits per heavy atom. The molecule has 7 heteroatoms. The summed E-state index contributed by atoms with van der Waals surface area (Å²) >= 11 is 0. The van der Waals surface area contributed by atoms with Gasteiger partial charge in [-0.05, 0) is 6.07 Å². The molecular formula is C14H11NO6. The van der Waals surface area contributed by atoms with E-state index in [1.54, 1.807) is 24.3 Å². The molecule has 1 saturated heterocycles. The first-order valence-corrected chi connectivity index (χ1v) is 6.22. The monoisotopic (exact) mass is 289 g/mol. The zero-order chi connectivity index (χ0) is 15.0. The number of hydrogen-bond acceptors (Lipinski definition) is 5. The van der Waals surface area contributed by atoms with Gasteiger partial charge in [0.1, 0.15) is 30.1 Å². The number of imide groups is 1. The highest BCUT2D eigenvalue weighted by Crippen LogP contribution is 2.27. The van der Waals surface area contributed by atoms with Gasteiger partial charge in [0.05, 0.1) is 6.54 Å². The van der Waals surface area contributed by atoms with Crippen LogP contribution in [-0.2, 0) is 20.9 Å². The lowest BCUT2D eigenvalue weighted by atomic mass is 10.1. The number of carboxylic acid groups (broad SMARTS) is 1. The Bertz CT molecular complexity index is 731. The Kier molecular flexibility index (Phi) is 3.19. The average molecular weight is 289 g/mol. The minimum Gasteiger partial charge on any atom is -0.478 e. The average Bonchev–Trinajstić information content (AvgIpc) is 2.81. The summed E-state index contributed by atoms with van der Waals surface area (Å²) < 4.78 is 10.3. The molecular weight excluding hydrogens is 278 g/mol. The molecule has 1 aromatic carbocycles. The number of morpholine rings is 1. The van der Waals surface area contributed by atoms with Crippen LogP contribution in [0.1, 0.15) is 16.1 Å². The van der Waals surface area contributed by atoms with Crippen LogP contribution >= 0.6 is 0 Å². The SMILES string of the molecule is O=C(O)c1c(CN2C(=O)COCC2=O)oc2ccccc12. The zero-order valence-corrected chi connectivity index (χ0v) is 10.9. The van der Waals surface area contributed by atoms with E-state index in [1.807, 2.05) is 0 Å². The molecule has 0 aliphatic carbocycles. The number of carbonyl (C=O) groups is 3. The van der Waals surface area contributed by atoms with Crippen molar-refractivity contribution in [2.24, 2.45) is 0 Å². The summed E-state index contributed by atoms with van der Waals surface area (Å²) in [5.41, 5.74) is 0.371. The van der Waals surface area contributed by atoms with E-state index >= 15 is 0 Å². The van der Waals surface area contributed by atoms with Crippen molar-refractivity contribution in [2.75, 3.05) is 13.2 Å². The van der Waals surface area contributed by atoms with Crippen LogP contribution in [-0.4, -0.2) is 41.0 Å². The second kappa shape index (κ2) is 5.02. The fraction of sp³-hybridized carbons (Fsp3) is 0.214. The zero-order valence-electron chi connectivity index (χ0n) is 10.9. The van der Waals surface area contributed by atoms with Crippen LogP contribution in [0.2, 0.25) is 0 Å². The number of furan rings is 1. The number of carbonyl (C=O) groups excluding carboxylic acids is 2. The topological polar surface area (TPSA) is 97.0 Å². The van der Waals surface area contributed by atoms with Crippen LogP contribution in [0.4, 0.5) is 0 Å². The molecule has 1 fully saturated rings. The van der Waals surface area contributed by atoms with E-state index in [0.717, 1.165) is 4.90 Å². The molecule has 7 nitrogen and oxygen atoms in total. The van der Waals surface area contributed by atoms with Crippen LogP contribution in [0.25, 0.3) is 11.0 Å². The maximum absolute atomic E-state index is 11.7. The van der Waals surface area contributed by atoms with Crippen LogP contribution in [0, 0.1) is 0 Å². The van der Waals surface area contributed by atoms with Gasteiger partial charge >= 0.3 is 5.97 Å². The first kappa shape index (κ1) is 13.3. The molecule has 0 unspecified atom stereocenters. The van der Waals surface area contributed by atoms with Crippen molar-refractivity contribution in [2.45, 2.75) is 6.54 Å². The lowest BCUT2D eigenvalue weighted by Gasteiger charge is -2.24. The number of rotatable bonds is 3. The molecule has 21 heavy (non-hydrogen) atoms. The summed E-state index contributed by atoms with van der Waals surface area (Å²) in [4.78, 5) is 35.8. The standard InChI is InChI=1S/C14H11NO6/c16-11-6-20-7-12(17)15(11)5-10-13(14(18)19)8-3-1-2-4-9(8)21-10/h1-4H,5-7H2,(H,18,19). The summed E-state index contributed by atoms with van der Waals surface area (Å²) in [5.74, 6) is -2.11. The van der Waals surface area contributed by atoms with Gasteiger partial charge in [0.25, 0.3) is 11.8 Å². The smallest absolute Gasteiger partial charge is 0.339 e. The number of fused-ring (bicyclic) bond motifs is 1. The number of para-hydroxylation sites is 1. The lowest BCUT2D eigenvalue weighted by Crippen LogP contribution is -2.45. The number of aromatic carboxylic acids is 1. The van der Waals surface area contributed by atoms with Gasteiger partial charge in [0, 0.05) is 5.39 Å². The maximum atomic E-state index is 11.7. The predicted octanol–water partition coefficient (Wildman–Crippen LogP) is 1.02. The maximum Gasteiger partial charge on any atom is 0.339 e. The van der Waals surface area contributed by atoms with E-state index in [0.29, 0.717) is 11.0 Å². The fourth-order valence-electron chi connectivity index (χ4n) is 2.28. The molecule has 0 spiro atoms. The normalized spacial score (nSPS) is 15.7. The highest BCUT2D eigenvalue weighted by Gasteiger charge is 2.30. The Morgan fingerprint density at radius 2 is 1.86 bits per heavy atom. The highest BCUT2D eigenvalue weighted by atomic mass is 16.5. The van der Waals surface area contributed by atoms with E-state index in [2.05, 4.69) is 0 Å². The molecule has 0 atom stereocenters. The lowest BCUT2D eigenvalue weighted by molar-refractivity contribution is -0.159. The van der Waals surface area contributed by atoms with Crippen molar-refractivity contribution in [1.82, 2.24) is 4.90 Å². The number of hydrogen-bond donors (Lipinski definition) is 1. The van der Waals surface area contributed by atoms with Crippen LogP contribution < -0.4 is 0 Å². The summed E-state index contributed by atoms with van der Waals surface area (Å²) in [6, 6.07) is 6.66. The second-order valence-corrected chi connectivity index (χ2v) is 4.57. The van der Waals surface area contributed by atoms with E-state index in [9.17, 15) is 19.5 Å². The number of ether oxygens (including phenoxy) is 1. The Balaban J connectivity index is 2.04.